The minimum Gasteiger partial charge on any atom is -0.464 e. The first kappa shape index (κ1) is 23.2. The van der Waals surface area contributed by atoms with Crippen LogP contribution in [0, 0.1) is 0 Å². The monoisotopic (exact) mass is 465 g/mol. The minimum atomic E-state index is -4.47. The number of nitrogens with zero attached hydrogens (tertiary/aromatic N) is 1. The van der Waals surface area contributed by atoms with Gasteiger partial charge in [0.05, 0.1) is 24.2 Å². The summed E-state index contributed by atoms with van der Waals surface area (Å²) in [4.78, 5) is 28.3. The number of anilines is 2. The van der Waals surface area contributed by atoms with E-state index in [1.54, 1.807) is 12.1 Å². The third-order valence-corrected chi connectivity index (χ3v) is 5.33. The van der Waals surface area contributed by atoms with Gasteiger partial charge in [0.2, 0.25) is 0 Å². The molecule has 3 N–H and O–H groups in total. The number of ether oxygens (including phenoxy) is 1. The number of amides is 1. The summed E-state index contributed by atoms with van der Waals surface area (Å²) in [6, 6.07) is 11.4. The topological polar surface area (TPSA) is 101 Å². The van der Waals surface area contributed by atoms with Crippen molar-refractivity contribution in [3.05, 3.63) is 75.8 Å². The van der Waals surface area contributed by atoms with Crippen LogP contribution in [0.15, 0.2) is 48.5 Å². The van der Waals surface area contributed by atoms with Crippen LogP contribution in [-0.2, 0) is 24.1 Å². The Morgan fingerprint density at radius 3 is 2.44 bits per heavy atom. The van der Waals surface area contributed by atoms with Gasteiger partial charge in [-0.05, 0) is 29.8 Å². The summed E-state index contributed by atoms with van der Waals surface area (Å²) in [7, 11) is 1.18. The molecule has 0 bridgehead atoms. The Morgan fingerprint density at radius 2 is 1.81 bits per heavy atom. The largest absolute Gasteiger partial charge is 0.464 e. The van der Waals surface area contributed by atoms with Crippen LogP contribution in [0.5, 0.6) is 0 Å². The molecule has 0 aliphatic heterocycles. The van der Waals surface area contributed by atoms with Gasteiger partial charge in [-0.3, -0.25) is 10.1 Å². The van der Waals surface area contributed by atoms with Gasteiger partial charge in [0.25, 0.3) is 5.91 Å². The zero-order valence-corrected chi connectivity index (χ0v) is 17.5. The molecular weight excluding hydrogens is 447 g/mol. The van der Waals surface area contributed by atoms with E-state index >= 15 is 0 Å². The zero-order chi connectivity index (χ0) is 23.3. The SMILES string of the molecule is COC(=O)c1nc(NC(=O)c2ccc(CNc3ccccc3C(F)(F)F)cc2)sc1CO. The molecule has 0 fully saturated rings. The Balaban J connectivity index is 1.66. The van der Waals surface area contributed by atoms with E-state index in [0.717, 1.165) is 17.4 Å². The third kappa shape index (κ3) is 5.42. The lowest BCUT2D eigenvalue weighted by Gasteiger charge is -2.14. The molecule has 0 radical (unpaired) electrons. The number of alkyl halides is 3. The van der Waals surface area contributed by atoms with Crippen LogP contribution in [0.2, 0.25) is 0 Å². The summed E-state index contributed by atoms with van der Waals surface area (Å²) < 4.78 is 43.8. The summed E-state index contributed by atoms with van der Waals surface area (Å²) in [5, 5.41) is 14.8. The van der Waals surface area contributed by atoms with Crippen LogP contribution in [-0.4, -0.2) is 29.1 Å². The molecule has 0 unspecified atom stereocenters. The van der Waals surface area contributed by atoms with Crippen LogP contribution < -0.4 is 10.6 Å². The number of thiazole rings is 1. The second-order valence-electron chi connectivity index (χ2n) is 6.49. The second kappa shape index (κ2) is 9.79. The van der Waals surface area contributed by atoms with Crippen LogP contribution in [0.1, 0.15) is 36.9 Å². The molecule has 1 aromatic heterocycles. The highest BCUT2D eigenvalue weighted by Gasteiger charge is 2.33. The molecule has 0 saturated heterocycles. The number of benzene rings is 2. The Morgan fingerprint density at radius 1 is 1.12 bits per heavy atom. The molecule has 7 nitrogen and oxygen atoms in total. The summed E-state index contributed by atoms with van der Waals surface area (Å²) >= 11 is 0.943. The predicted molar refractivity (Wildman–Crippen MR) is 113 cm³/mol. The number of carbonyl (C=O) groups excluding carboxylic acids is 2. The molecule has 2 aromatic carbocycles. The number of para-hydroxylation sites is 1. The average Bonchev–Trinajstić information content (AvgIpc) is 3.19. The molecule has 32 heavy (non-hydrogen) atoms. The van der Waals surface area contributed by atoms with Crippen LogP contribution in [0.25, 0.3) is 0 Å². The smallest absolute Gasteiger partial charge is 0.418 e. The standard InChI is InChI=1S/C21H18F3N3O4S/c1-31-19(30)17-16(11-28)32-20(26-17)27-18(29)13-8-6-12(7-9-13)10-25-15-5-3-2-4-14(15)21(22,23)24/h2-9,25,28H,10-11H2,1H3,(H,26,27,29). The third-order valence-electron chi connectivity index (χ3n) is 4.37. The van der Waals surface area contributed by atoms with Crippen molar-refractivity contribution in [2.75, 3.05) is 17.7 Å². The van der Waals surface area contributed by atoms with Crippen molar-refractivity contribution in [2.45, 2.75) is 19.3 Å². The number of hydrogen-bond donors (Lipinski definition) is 3. The van der Waals surface area contributed by atoms with Crippen molar-refractivity contribution in [1.29, 1.82) is 0 Å². The Kier molecular flexibility index (Phi) is 7.11. The van der Waals surface area contributed by atoms with Crippen molar-refractivity contribution >= 4 is 34.0 Å². The van der Waals surface area contributed by atoms with Crippen molar-refractivity contribution in [1.82, 2.24) is 4.98 Å². The molecule has 0 aliphatic carbocycles. The number of aliphatic hydroxyl groups is 1. The highest BCUT2D eigenvalue weighted by atomic mass is 32.1. The van der Waals surface area contributed by atoms with Gasteiger partial charge >= 0.3 is 12.1 Å². The van der Waals surface area contributed by atoms with Gasteiger partial charge in [0.15, 0.2) is 10.8 Å². The van der Waals surface area contributed by atoms with E-state index in [9.17, 15) is 27.9 Å². The lowest BCUT2D eigenvalue weighted by molar-refractivity contribution is -0.137. The van der Waals surface area contributed by atoms with Gasteiger partial charge in [-0.2, -0.15) is 13.2 Å². The summed E-state index contributed by atoms with van der Waals surface area (Å²) in [5.41, 5.74) is 0.0868. The van der Waals surface area contributed by atoms with Gasteiger partial charge in [0, 0.05) is 17.8 Å². The van der Waals surface area contributed by atoms with E-state index in [0.29, 0.717) is 5.56 Å². The van der Waals surface area contributed by atoms with E-state index in [1.807, 2.05) is 0 Å². The van der Waals surface area contributed by atoms with Crippen LogP contribution in [0.4, 0.5) is 24.0 Å². The molecule has 11 heteroatoms. The average molecular weight is 465 g/mol. The zero-order valence-electron chi connectivity index (χ0n) is 16.7. The highest BCUT2D eigenvalue weighted by molar-refractivity contribution is 7.16. The first-order chi connectivity index (χ1) is 15.2. The van der Waals surface area contributed by atoms with Gasteiger partial charge in [0.1, 0.15) is 0 Å². The van der Waals surface area contributed by atoms with Crippen molar-refractivity contribution in [3.8, 4) is 0 Å². The lowest BCUT2D eigenvalue weighted by atomic mass is 10.1. The molecule has 3 rings (SSSR count). The number of aromatic nitrogens is 1. The molecule has 1 amide bonds. The number of methoxy groups -OCH3 is 1. The van der Waals surface area contributed by atoms with E-state index in [2.05, 4.69) is 20.4 Å². The van der Waals surface area contributed by atoms with Gasteiger partial charge in [-0.1, -0.05) is 35.6 Å². The highest BCUT2D eigenvalue weighted by Crippen LogP contribution is 2.34. The van der Waals surface area contributed by atoms with Gasteiger partial charge in [-0.25, -0.2) is 9.78 Å². The van der Waals surface area contributed by atoms with Crippen molar-refractivity contribution < 1.29 is 32.6 Å². The molecular formula is C21H18F3N3O4S. The van der Waals surface area contributed by atoms with E-state index < -0.39 is 30.2 Å². The van der Waals surface area contributed by atoms with Crippen molar-refractivity contribution in [2.24, 2.45) is 0 Å². The minimum absolute atomic E-state index is 0.0355. The molecule has 168 valence electrons. The van der Waals surface area contributed by atoms with E-state index in [-0.39, 0.29) is 33.5 Å². The molecule has 0 aliphatic rings. The second-order valence-corrected chi connectivity index (χ2v) is 7.57. The van der Waals surface area contributed by atoms with E-state index in [1.165, 1.54) is 37.4 Å². The fraction of sp³-hybridized carbons (Fsp3) is 0.190. The maximum Gasteiger partial charge on any atom is 0.418 e. The number of esters is 1. The molecule has 3 aromatic rings. The summed E-state index contributed by atoms with van der Waals surface area (Å²) in [5.74, 6) is -1.23. The quantitative estimate of drug-likeness (QED) is 0.450. The van der Waals surface area contributed by atoms with Gasteiger partial charge in [-0.15, -0.1) is 0 Å². The van der Waals surface area contributed by atoms with Crippen LogP contribution >= 0.6 is 11.3 Å². The number of halogens is 3. The number of hydrogen-bond acceptors (Lipinski definition) is 7. The maximum absolute atomic E-state index is 13.1. The molecule has 1 heterocycles. The number of carbonyl (C=O) groups is 2. The van der Waals surface area contributed by atoms with E-state index in [4.69, 9.17) is 0 Å². The predicted octanol–water partition coefficient (Wildman–Crippen LogP) is 4.31. The number of nitrogens with one attached hydrogen (secondary N) is 2. The first-order valence-electron chi connectivity index (χ1n) is 9.22. The normalized spacial score (nSPS) is 11.2. The molecule has 0 atom stereocenters. The van der Waals surface area contributed by atoms with Crippen LogP contribution in [0.3, 0.4) is 0 Å². The lowest BCUT2D eigenvalue weighted by Crippen LogP contribution is -2.13. The Hall–Kier alpha value is -3.44. The Bertz CT molecular complexity index is 1110. The summed E-state index contributed by atoms with van der Waals surface area (Å²) in [6.07, 6.45) is -4.47. The fourth-order valence-electron chi connectivity index (χ4n) is 2.79. The Labute approximate surface area is 184 Å². The summed E-state index contributed by atoms with van der Waals surface area (Å²) in [6.45, 7) is -0.305. The molecule has 0 saturated carbocycles. The maximum atomic E-state index is 13.1. The molecule has 0 spiro atoms. The first-order valence-corrected chi connectivity index (χ1v) is 10.0. The van der Waals surface area contributed by atoms with Gasteiger partial charge < -0.3 is 15.2 Å². The number of rotatable bonds is 7. The fourth-order valence-corrected chi connectivity index (χ4v) is 3.60. The van der Waals surface area contributed by atoms with Crippen molar-refractivity contribution in [3.63, 3.8) is 0 Å². The number of aliphatic hydroxyl groups excluding tert-OH is 1.